The molecule has 2 aromatic rings. The van der Waals surface area contributed by atoms with Crippen LogP contribution in [-0.2, 0) is 0 Å². The summed E-state index contributed by atoms with van der Waals surface area (Å²) in [5, 5.41) is 2.83. The first-order valence-electron chi connectivity index (χ1n) is 7.60. The van der Waals surface area contributed by atoms with Crippen LogP contribution in [0.5, 0.6) is 17.2 Å². The molecular weight excluding hydrogens is 294 g/mol. The fourth-order valence-corrected chi connectivity index (χ4v) is 2.33. The van der Waals surface area contributed by atoms with Crippen molar-refractivity contribution >= 4 is 5.91 Å². The Hall–Kier alpha value is -2.69. The summed E-state index contributed by atoms with van der Waals surface area (Å²) in [6.07, 6.45) is 0. The molecule has 0 saturated carbocycles. The number of ether oxygens (including phenoxy) is 3. The fraction of sp³-hybridized carbons (Fsp3) is 0.278. The number of aryl methyl sites for hydroxylation is 1. The van der Waals surface area contributed by atoms with Crippen molar-refractivity contribution in [1.29, 1.82) is 0 Å². The first kappa shape index (κ1) is 15.2. The van der Waals surface area contributed by atoms with Gasteiger partial charge in [0.1, 0.15) is 25.6 Å². The van der Waals surface area contributed by atoms with Gasteiger partial charge in [0, 0.05) is 5.56 Å². The molecule has 0 fully saturated rings. The van der Waals surface area contributed by atoms with Gasteiger partial charge in [-0.3, -0.25) is 4.79 Å². The van der Waals surface area contributed by atoms with E-state index in [-0.39, 0.29) is 5.91 Å². The van der Waals surface area contributed by atoms with Crippen LogP contribution in [0.2, 0.25) is 0 Å². The van der Waals surface area contributed by atoms with E-state index in [1.54, 1.807) is 18.2 Å². The highest BCUT2D eigenvalue weighted by atomic mass is 16.6. The zero-order valence-electron chi connectivity index (χ0n) is 13.0. The van der Waals surface area contributed by atoms with E-state index in [4.69, 9.17) is 14.2 Å². The number of hydrogen-bond acceptors (Lipinski definition) is 4. The molecule has 2 aromatic carbocycles. The first-order valence-corrected chi connectivity index (χ1v) is 7.60. The summed E-state index contributed by atoms with van der Waals surface area (Å²) in [5.74, 6) is 1.93. The highest BCUT2D eigenvalue weighted by Crippen LogP contribution is 2.30. The van der Waals surface area contributed by atoms with Crippen LogP contribution in [0.25, 0.3) is 0 Å². The molecule has 0 bridgehead atoms. The van der Waals surface area contributed by atoms with Gasteiger partial charge in [0.15, 0.2) is 11.5 Å². The molecule has 0 atom stereocenters. The van der Waals surface area contributed by atoms with Crippen molar-refractivity contribution in [1.82, 2.24) is 5.32 Å². The van der Waals surface area contributed by atoms with E-state index < -0.39 is 0 Å². The standard InChI is InChI=1S/C18H19NO4/c1-13-3-2-4-15(11-13)21-8-7-19-18(20)14-5-6-16-17(12-14)23-10-9-22-16/h2-6,11-12H,7-10H2,1H3,(H,19,20). The molecule has 23 heavy (non-hydrogen) atoms. The van der Waals surface area contributed by atoms with Gasteiger partial charge in [-0.25, -0.2) is 0 Å². The maximum absolute atomic E-state index is 12.1. The second-order valence-corrected chi connectivity index (χ2v) is 5.28. The number of carbonyl (C=O) groups excluding carboxylic acids is 1. The fourth-order valence-electron chi connectivity index (χ4n) is 2.33. The molecule has 0 saturated heterocycles. The topological polar surface area (TPSA) is 56.8 Å². The molecule has 3 rings (SSSR count). The average molecular weight is 313 g/mol. The number of benzene rings is 2. The smallest absolute Gasteiger partial charge is 0.251 e. The monoisotopic (exact) mass is 313 g/mol. The van der Waals surface area contributed by atoms with E-state index in [0.717, 1.165) is 11.3 Å². The molecule has 120 valence electrons. The van der Waals surface area contributed by atoms with Gasteiger partial charge in [0.25, 0.3) is 5.91 Å². The van der Waals surface area contributed by atoms with Crippen LogP contribution in [0.1, 0.15) is 15.9 Å². The molecule has 0 aromatic heterocycles. The van der Waals surface area contributed by atoms with Crippen molar-refractivity contribution in [2.24, 2.45) is 0 Å². The third-order valence-corrected chi connectivity index (χ3v) is 3.45. The highest BCUT2D eigenvalue weighted by Gasteiger charge is 2.14. The quantitative estimate of drug-likeness (QED) is 0.862. The molecule has 0 spiro atoms. The van der Waals surface area contributed by atoms with E-state index in [0.29, 0.717) is 43.4 Å². The first-order chi connectivity index (χ1) is 11.2. The van der Waals surface area contributed by atoms with E-state index in [2.05, 4.69) is 5.32 Å². The van der Waals surface area contributed by atoms with Gasteiger partial charge in [-0.2, -0.15) is 0 Å². The minimum atomic E-state index is -0.158. The van der Waals surface area contributed by atoms with Crippen molar-refractivity contribution in [2.75, 3.05) is 26.4 Å². The van der Waals surface area contributed by atoms with Crippen LogP contribution < -0.4 is 19.5 Å². The van der Waals surface area contributed by atoms with E-state index in [1.807, 2.05) is 31.2 Å². The maximum Gasteiger partial charge on any atom is 0.251 e. The van der Waals surface area contributed by atoms with Crippen LogP contribution in [0.4, 0.5) is 0 Å². The second kappa shape index (κ2) is 7.05. The Labute approximate surface area is 135 Å². The van der Waals surface area contributed by atoms with Crippen molar-refractivity contribution < 1.29 is 19.0 Å². The number of nitrogens with one attached hydrogen (secondary N) is 1. The lowest BCUT2D eigenvalue weighted by atomic mass is 10.2. The van der Waals surface area contributed by atoms with Gasteiger partial charge in [-0.15, -0.1) is 0 Å². The van der Waals surface area contributed by atoms with Gasteiger partial charge in [0.05, 0.1) is 6.54 Å². The van der Waals surface area contributed by atoms with Crippen molar-refractivity contribution in [2.45, 2.75) is 6.92 Å². The minimum absolute atomic E-state index is 0.158. The minimum Gasteiger partial charge on any atom is -0.492 e. The number of carbonyl (C=O) groups is 1. The lowest BCUT2D eigenvalue weighted by molar-refractivity contribution is 0.0945. The third-order valence-electron chi connectivity index (χ3n) is 3.45. The Morgan fingerprint density at radius 2 is 1.96 bits per heavy atom. The van der Waals surface area contributed by atoms with Crippen LogP contribution in [-0.4, -0.2) is 32.3 Å². The number of rotatable bonds is 5. The van der Waals surface area contributed by atoms with Gasteiger partial charge < -0.3 is 19.5 Å². The summed E-state index contributed by atoms with van der Waals surface area (Å²) in [5.41, 5.74) is 1.69. The molecule has 1 heterocycles. The molecule has 1 amide bonds. The summed E-state index contributed by atoms with van der Waals surface area (Å²) < 4.78 is 16.5. The second-order valence-electron chi connectivity index (χ2n) is 5.28. The summed E-state index contributed by atoms with van der Waals surface area (Å²) in [6.45, 7) is 3.90. The third kappa shape index (κ3) is 3.94. The Morgan fingerprint density at radius 1 is 1.13 bits per heavy atom. The molecule has 5 heteroatoms. The van der Waals surface area contributed by atoms with E-state index >= 15 is 0 Å². The van der Waals surface area contributed by atoms with Crippen LogP contribution in [0.3, 0.4) is 0 Å². The summed E-state index contributed by atoms with van der Waals surface area (Å²) >= 11 is 0. The normalized spacial score (nSPS) is 12.6. The van der Waals surface area contributed by atoms with Crippen molar-refractivity contribution in [3.05, 3.63) is 53.6 Å². The molecule has 5 nitrogen and oxygen atoms in total. The Balaban J connectivity index is 1.49. The molecular formula is C18H19NO4. The van der Waals surface area contributed by atoms with Crippen LogP contribution in [0, 0.1) is 6.92 Å². The molecule has 1 aliphatic rings. The Kier molecular flexibility index (Phi) is 4.66. The molecule has 0 unspecified atom stereocenters. The van der Waals surface area contributed by atoms with Gasteiger partial charge in [-0.1, -0.05) is 12.1 Å². The zero-order chi connectivity index (χ0) is 16.1. The predicted octanol–water partition coefficient (Wildman–Crippen LogP) is 2.58. The lowest BCUT2D eigenvalue weighted by Gasteiger charge is -2.18. The predicted molar refractivity (Wildman–Crippen MR) is 86.4 cm³/mol. The number of fused-ring (bicyclic) bond motifs is 1. The van der Waals surface area contributed by atoms with E-state index in [1.165, 1.54) is 0 Å². The lowest BCUT2D eigenvalue weighted by Crippen LogP contribution is -2.28. The SMILES string of the molecule is Cc1cccc(OCCNC(=O)c2ccc3c(c2)OCCO3)c1. The van der Waals surface area contributed by atoms with E-state index in [9.17, 15) is 4.79 Å². The van der Waals surface area contributed by atoms with Gasteiger partial charge in [-0.05, 0) is 42.8 Å². The summed E-state index contributed by atoms with van der Waals surface area (Å²) in [7, 11) is 0. The van der Waals surface area contributed by atoms with Crippen LogP contribution >= 0.6 is 0 Å². The van der Waals surface area contributed by atoms with Gasteiger partial charge >= 0.3 is 0 Å². The van der Waals surface area contributed by atoms with Crippen molar-refractivity contribution in [3.8, 4) is 17.2 Å². The summed E-state index contributed by atoms with van der Waals surface area (Å²) in [6, 6.07) is 13.0. The largest absolute Gasteiger partial charge is 0.492 e. The maximum atomic E-state index is 12.1. The number of hydrogen-bond donors (Lipinski definition) is 1. The molecule has 1 aliphatic heterocycles. The average Bonchev–Trinajstić information content (AvgIpc) is 2.58. The highest BCUT2D eigenvalue weighted by molar-refractivity contribution is 5.94. The van der Waals surface area contributed by atoms with Crippen LogP contribution in [0.15, 0.2) is 42.5 Å². The van der Waals surface area contributed by atoms with Crippen molar-refractivity contribution in [3.63, 3.8) is 0 Å². The Bertz CT molecular complexity index is 699. The molecule has 0 radical (unpaired) electrons. The zero-order valence-corrected chi connectivity index (χ0v) is 13.0. The molecule has 1 N–H and O–H groups in total. The summed E-state index contributed by atoms with van der Waals surface area (Å²) in [4.78, 5) is 12.1. The Morgan fingerprint density at radius 3 is 2.78 bits per heavy atom. The number of amides is 1. The molecule has 0 aliphatic carbocycles. The van der Waals surface area contributed by atoms with Gasteiger partial charge in [0.2, 0.25) is 0 Å².